The van der Waals surface area contributed by atoms with Crippen LogP contribution in [0, 0.1) is 0 Å². The SMILES string of the molecule is CCNC(=NCc1cccc(CN(CC)CC)c1)NCC(C)(O)c1cccs1. The van der Waals surface area contributed by atoms with E-state index < -0.39 is 5.60 Å². The highest BCUT2D eigenvalue weighted by molar-refractivity contribution is 7.10. The number of nitrogens with one attached hydrogen (secondary N) is 2. The molecule has 1 heterocycles. The molecule has 0 fully saturated rings. The molecular formula is C22H34N4OS. The standard InChI is InChI=1S/C22H34N4OS/c1-5-23-21(25-17-22(4,27)20-12-9-13-28-20)24-15-18-10-8-11-19(14-18)16-26(6-2)7-3/h8-14,27H,5-7,15-17H2,1-4H3,(H2,23,24,25). The molecule has 2 rings (SSSR count). The number of hydrogen-bond donors (Lipinski definition) is 3. The Balaban J connectivity index is 2.00. The van der Waals surface area contributed by atoms with Crippen molar-refractivity contribution in [2.24, 2.45) is 4.99 Å². The smallest absolute Gasteiger partial charge is 0.191 e. The Morgan fingerprint density at radius 3 is 2.50 bits per heavy atom. The zero-order chi connectivity index (χ0) is 20.4. The van der Waals surface area contributed by atoms with E-state index in [1.54, 1.807) is 11.3 Å². The molecule has 0 saturated carbocycles. The maximum Gasteiger partial charge on any atom is 0.191 e. The van der Waals surface area contributed by atoms with Gasteiger partial charge >= 0.3 is 0 Å². The summed E-state index contributed by atoms with van der Waals surface area (Å²) in [7, 11) is 0. The van der Waals surface area contributed by atoms with E-state index >= 15 is 0 Å². The highest BCUT2D eigenvalue weighted by atomic mass is 32.1. The van der Waals surface area contributed by atoms with Crippen LogP contribution in [0.2, 0.25) is 0 Å². The number of thiophene rings is 1. The molecule has 1 atom stereocenters. The van der Waals surface area contributed by atoms with Gasteiger partial charge in [0.1, 0.15) is 5.60 Å². The first-order valence-corrected chi connectivity index (χ1v) is 10.9. The van der Waals surface area contributed by atoms with Gasteiger partial charge in [-0.15, -0.1) is 11.3 Å². The molecule has 0 spiro atoms. The normalized spacial score (nSPS) is 14.1. The number of nitrogens with zero attached hydrogens (tertiary/aromatic N) is 2. The maximum absolute atomic E-state index is 10.7. The quantitative estimate of drug-likeness (QED) is 0.420. The van der Waals surface area contributed by atoms with E-state index in [0.717, 1.165) is 31.1 Å². The number of aliphatic hydroxyl groups is 1. The molecule has 0 aliphatic heterocycles. The molecule has 5 nitrogen and oxygen atoms in total. The molecule has 1 unspecified atom stereocenters. The van der Waals surface area contributed by atoms with Gasteiger partial charge in [0.15, 0.2) is 5.96 Å². The predicted molar refractivity (Wildman–Crippen MR) is 120 cm³/mol. The van der Waals surface area contributed by atoms with Crippen LogP contribution < -0.4 is 10.6 Å². The molecule has 1 aromatic heterocycles. The van der Waals surface area contributed by atoms with Crippen LogP contribution in [0.1, 0.15) is 43.7 Å². The summed E-state index contributed by atoms with van der Waals surface area (Å²) in [5, 5.41) is 19.2. The van der Waals surface area contributed by atoms with E-state index in [1.165, 1.54) is 11.1 Å². The van der Waals surface area contributed by atoms with E-state index in [4.69, 9.17) is 4.99 Å². The van der Waals surface area contributed by atoms with Gasteiger partial charge in [0.2, 0.25) is 0 Å². The zero-order valence-corrected chi connectivity index (χ0v) is 18.4. The zero-order valence-electron chi connectivity index (χ0n) is 17.5. The molecule has 2 aromatic rings. The van der Waals surface area contributed by atoms with Gasteiger partial charge in [-0.1, -0.05) is 44.2 Å². The third-order valence-corrected chi connectivity index (χ3v) is 5.83. The lowest BCUT2D eigenvalue weighted by Gasteiger charge is -2.23. The van der Waals surface area contributed by atoms with Crippen LogP contribution >= 0.6 is 11.3 Å². The van der Waals surface area contributed by atoms with Crippen LogP contribution in [-0.4, -0.2) is 42.1 Å². The molecule has 0 aliphatic carbocycles. The van der Waals surface area contributed by atoms with Crippen LogP contribution in [0.15, 0.2) is 46.8 Å². The molecule has 28 heavy (non-hydrogen) atoms. The molecule has 154 valence electrons. The lowest BCUT2D eigenvalue weighted by molar-refractivity contribution is 0.0655. The van der Waals surface area contributed by atoms with Crippen LogP contribution in [0.5, 0.6) is 0 Å². The fraction of sp³-hybridized carbons (Fsp3) is 0.500. The lowest BCUT2D eigenvalue weighted by atomic mass is 10.1. The van der Waals surface area contributed by atoms with Gasteiger partial charge in [-0.3, -0.25) is 4.90 Å². The molecule has 6 heteroatoms. The summed E-state index contributed by atoms with van der Waals surface area (Å²) in [4.78, 5) is 8.05. The second-order valence-corrected chi connectivity index (χ2v) is 8.03. The first-order chi connectivity index (χ1) is 13.5. The summed E-state index contributed by atoms with van der Waals surface area (Å²) in [5.74, 6) is 0.716. The summed E-state index contributed by atoms with van der Waals surface area (Å²) in [6.07, 6.45) is 0. The second-order valence-electron chi connectivity index (χ2n) is 7.08. The van der Waals surface area contributed by atoms with Crippen molar-refractivity contribution >= 4 is 17.3 Å². The Hall–Kier alpha value is -1.89. The number of aliphatic imine (C=N–C) groups is 1. The topological polar surface area (TPSA) is 59.9 Å². The summed E-state index contributed by atoms with van der Waals surface area (Å²) < 4.78 is 0. The molecule has 0 radical (unpaired) electrons. The van der Waals surface area contributed by atoms with Crippen LogP contribution in [-0.2, 0) is 18.7 Å². The minimum absolute atomic E-state index is 0.404. The fourth-order valence-corrected chi connectivity index (χ4v) is 3.76. The van der Waals surface area contributed by atoms with E-state index in [2.05, 4.69) is 53.6 Å². The maximum atomic E-state index is 10.7. The van der Waals surface area contributed by atoms with Gasteiger partial charge in [-0.05, 0) is 49.5 Å². The average molecular weight is 403 g/mol. The Morgan fingerprint density at radius 1 is 1.11 bits per heavy atom. The van der Waals surface area contributed by atoms with Crippen LogP contribution in [0.3, 0.4) is 0 Å². The molecule has 0 saturated heterocycles. The molecule has 0 aliphatic rings. The van der Waals surface area contributed by atoms with Gasteiger partial charge in [0.05, 0.1) is 13.1 Å². The van der Waals surface area contributed by atoms with E-state index in [1.807, 2.05) is 31.4 Å². The van der Waals surface area contributed by atoms with Crippen molar-refractivity contribution < 1.29 is 5.11 Å². The lowest BCUT2D eigenvalue weighted by Crippen LogP contribution is -2.44. The highest BCUT2D eigenvalue weighted by Gasteiger charge is 2.24. The molecule has 1 aromatic carbocycles. The van der Waals surface area contributed by atoms with Crippen LogP contribution in [0.25, 0.3) is 0 Å². The Morgan fingerprint density at radius 2 is 1.86 bits per heavy atom. The largest absolute Gasteiger partial charge is 0.383 e. The van der Waals surface area contributed by atoms with Gasteiger partial charge in [0, 0.05) is 18.0 Å². The van der Waals surface area contributed by atoms with Crippen molar-refractivity contribution in [1.29, 1.82) is 0 Å². The molecule has 0 amide bonds. The molecule has 3 N–H and O–H groups in total. The minimum atomic E-state index is -0.923. The molecule has 0 bridgehead atoms. The Labute approximate surface area is 173 Å². The third kappa shape index (κ3) is 6.93. The van der Waals surface area contributed by atoms with Gasteiger partial charge in [-0.25, -0.2) is 4.99 Å². The summed E-state index contributed by atoms with van der Waals surface area (Å²) >= 11 is 1.56. The number of guanidine groups is 1. The fourth-order valence-electron chi connectivity index (χ4n) is 2.97. The summed E-state index contributed by atoms with van der Waals surface area (Å²) in [5.41, 5.74) is 1.58. The summed E-state index contributed by atoms with van der Waals surface area (Å²) in [6.45, 7) is 13.1. The number of benzene rings is 1. The van der Waals surface area contributed by atoms with Gasteiger partial charge in [-0.2, -0.15) is 0 Å². The van der Waals surface area contributed by atoms with Gasteiger partial charge in [0.25, 0.3) is 0 Å². The average Bonchev–Trinajstić information content (AvgIpc) is 3.24. The predicted octanol–water partition coefficient (Wildman–Crippen LogP) is 3.55. The first-order valence-electron chi connectivity index (χ1n) is 10.1. The van der Waals surface area contributed by atoms with E-state index in [0.29, 0.717) is 19.0 Å². The monoisotopic (exact) mass is 402 g/mol. The molecular weight excluding hydrogens is 368 g/mol. The van der Waals surface area contributed by atoms with Crippen molar-refractivity contribution in [3.63, 3.8) is 0 Å². The number of rotatable bonds is 10. The van der Waals surface area contributed by atoms with Crippen molar-refractivity contribution in [3.05, 3.63) is 57.8 Å². The van der Waals surface area contributed by atoms with E-state index in [-0.39, 0.29) is 0 Å². The highest BCUT2D eigenvalue weighted by Crippen LogP contribution is 2.24. The second kappa shape index (κ2) is 11.2. The Bertz CT molecular complexity index is 724. The Kier molecular flexibility index (Phi) is 8.96. The van der Waals surface area contributed by atoms with Crippen molar-refractivity contribution in [3.8, 4) is 0 Å². The number of hydrogen-bond acceptors (Lipinski definition) is 4. The minimum Gasteiger partial charge on any atom is -0.383 e. The van der Waals surface area contributed by atoms with Crippen molar-refractivity contribution in [2.75, 3.05) is 26.2 Å². The van der Waals surface area contributed by atoms with E-state index in [9.17, 15) is 5.11 Å². The summed E-state index contributed by atoms with van der Waals surface area (Å²) in [6, 6.07) is 12.5. The van der Waals surface area contributed by atoms with Crippen molar-refractivity contribution in [1.82, 2.24) is 15.5 Å². The van der Waals surface area contributed by atoms with Gasteiger partial charge < -0.3 is 15.7 Å². The first kappa shape index (κ1) is 22.4. The third-order valence-electron chi connectivity index (χ3n) is 4.71. The van der Waals surface area contributed by atoms with Crippen LogP contribution in [0.4, 0.5) is 0 Å². The van der Waals surface area contributed by atoms with Crippen molar-refractivity contribution in [2.45, 2.75) is 46.4 Å².